The Bertz CT molecular complexity index is 4690. The van der Waals surface area contributed by atoms with Crippen molar-refractivity contribution < 1.29 is 47.5 Å². The lowest BCUT2D eigenvalue weighted by Gasteiger charge is -2.33. The highest BCUT2D eigenvalue weighted by molar-refractivity contribution is 8.28. The first-order valence-electron chi connectivity index (χ1n) is 29.8. The number of ether oxygens (including phenoxy) is 1. The second kappa shape index (κ2) is 11.0. The number of rotatable bonds is 3. The Morgan fingerprint density at radius 1 is 0.509 bits per heavy atom. The molecule has 0 aliphatic carbocycles. The maximum absolute atomic E-state index is 10.2. The van der Waals surface area contributed by atoms with E-state index in [2.05, 4.69) is 0 Å². The van der Waals surface area contributed by atoms with Crippen molar-refractivity contribution in [1.29, 1.82) is 0 Å². The predicted molar refractivity (Wildman–Crippen MR) is 222 cm³/mol. The summed E-state index contributed by atoms with van der Waals surface area (Å²) in [5.41, 5.74) is -7.21. The lowest BCUT2D eigenvalue weighted by Crippen LogP contribution is -2.46. The van der Waals surface area contributed by atoms with Crippen molar-refractivity contribution >= 4 is 72.3 Å². The van der Waals surface area contributed by atoms with Gasteiger partial charge in [-0.05, 0) is 92.6 Å². The zero-order valence-electron chi connectivity index (χ0n) is 54.2. The van der Waals surface area contributed by atoms with Crippen LogP contribution in [0.2, 0.25) is 0 Å². The van der Waals surface area contributed by atoms with E-state index in [0.29, 0.717) is 11.6 Å². The van der Waals surface area contributed by atoms with Crippen LogP contribution < -0.4 is 15.7 Å². The van der Waals surface area contributed by atoms with Gasteiger partial charge in [0.25, 0.3) is 5.99 Å². The van der Waals surface area contributed by atoms with Crippen molar-refractivity contribution in [2.24, 2.45) is 0 Å². The van der Waals surface area contributed by atoms with Gasteiger partial charge in [0, 0.05) is 32.5 Å². The molecule has 0 radical (unpaired) electrons. The Morgan fingerprint density at radius 3 is 2.08 bits per heavy atom. The summed E-state index contributed by atoms with van der Waals surface area (Å²) in [5, 5.41) is -1.76. The van der Waals surface area contributed by atoms with Crippen molar-refractivity contribution in [2.75, 3.05) is 0 Å². The van der Waals surface area contributed by atoms with Crippen LogP contribution in [0.4, 0.5) is 0 Å². The largest absolute Gasteiger partial charge is 0.458 e. The number of aromatic nitrogens is 1. The quantitative estimate of drug-likeness (QED) is 0.170. The predicted octanol–water partition coefficient (Wildman–Crippen LogP) is 12.0. The molecule has 0 unspecified atom stereocenters. The molecule has 10 aromatic rings. The minimum Gasteiger partial charge on any atom is -0.458 e. The van der Waals surface area contributed by atoms with Crippen LogP contribution >= 0.6 is 11.6 Å². The molecule has 0 saturated carbocycles. The van der Waals surface area contributed by atoms with E-state index in [1.807, 2.05) is 0 Å². The minimum atomic E-state index is -1.51. The number of benzene rings is 8. The van der Waals surface area contributed by atoms with Gasteiger partial charge in [-0.15, -0.1) is 0 Å². The van der Waals surface area contributed by atoms with Gasteiger partial charge in [0.2, 0.25) is 0 Å². The zero-order chi connectivity index (χ0) is 59.0. The van der Waals surface area contributed by atoms with E-state index in [4.69, 9.17) is 33.8 Å². The standard InChI is InChI=1S/C48H28BNO2S/c1-5-18-40-34(13-1)35-14-2-6-19-41(35)50(40)32-27-38-36-24-23-30(26-46(36)53-49-39-17-4-8-21-43(39)52-45(28-32)48(38)49)29-11-9-12-31(25-29)33-16-10-22-44-47(33)37-15-3-7-20-42(37)51-44/h1-28H/i1D,2D,3D,4D,5D,6D,7D,8D,9D,10D,11D,12D,13D,14D,15D,16D,17D,18D,19D,20D,21D,22D,23D,24D,25D,26D,27D,28D. The van der Waals surface area contributed by atoms with Crippen molar-refractivity contribution in [3.63, 3.8) is 0 Å². The number of fused-ring (bicyclic) bond motifs is 10. The first-order chi connectivity index (χ1) is 37.9. The molecular formula is C48H28BNO2S. The van der Waals surface area contributed by atoms with E-state index in [1.165, 1.54) is 0 Å². The van der Waals surface area contributed by atoms with Gasteiger partial charge in [0.15, 0.2) is 0 Å². The molecule has 0 fully saturated rings. The third kappa shape index (κ3) is 4.26. The van der Waals surface area contributed by atoms with Gasteiger partial charge in [0.1, 0.15) is 22.7 Å². The molecule has 4 heterocycles. The lowest BCUT2D eigenvalue weighted by atomic mass is 9.57. The molecule has 0 atom stereocenters. The first-order valence-corrected chi connectivity index (χ1v) is 16.6. The fourth-order valence-corrected chi connectivity index (χ4v) is 8.06. The summed E-state index contributed by atoms with van der Waals surface area (Å²) in [7, 11) is 0. The van der Waals surface area contributed by atoms with Gasteiger partial charge >= 0.3 is 0 Å². The van der Waals surface area contributed by atoms with E-state index in [-0.39, 0.29) is 15.8 Å². The average Bonchev–Trinajstić information content (AvgIpc) is 2.20. The van der Waals surface area contributed by atoms with Crippen LogP contribution in [0.25, 0.3) is 82.8 Å². The third-order valence-corrected chi connectivity index (χ3v) is 10.2. The van der Waals surface area contributed by atoms with Crippen LogP contribution in [0.15, 0.2) is 179 Å². The van der Waals surface area contributed by atoms with Crippen molar-refractivity contribution in [2.45, 2.75) is 4.90 Å². The minimum absolute atomic E-state index is 0.216. The number of furan rings is 1. The van der Waals surface area contributed by atoms with Crippen LogP contribution in [0, 0.1) is 0 Å². The van der Waals surface area contributed by atoms with Gasteiger partial charge in [-0.2, -0.15) is 11.6 Å². The van der Waals surface area contributed by atoms with Gasteiger partial charge in [-0.3, -0.25) is 0 Å². The SMILES string of the molecule is [2H]c1c([2H])c([2H])c2c(c1[2H])Oc1c([2H])c(-n3c4c([2H])c([2H])c([2H])c([2H])c4c4c([2H])c([2H])c([2H])c([2H])c43)c([2H])c3c1B2Sc1c([2H])c(-c2c([2H])c([2H])c([2H])c(-c4c([2H])c([2H])c([2H])c5oc6c([2H])c([2H])c([2H])c([2H])c6c45)c2[2H])c([2H])c([2H])c1-3. The molecule has 53 heavy (non-hydrogen) atoms. The van der Waals surface area contributed by atoms with Crippen LogP contribution in [-0.4, -0.2) is 10.6 Å². The lowest BCUT2D eigenvalue weighted by molar-refractivity contribution is 0.487. The van der Waals surface area contributed by atoms with Gasteiger partial charge in [0.05, 0.1) is 55.1 Å². The zero-order valence-corrected chi connectivity index (χ0v) is 27.1. The molecule has 3 nitrogen and oxygen atoms in total. The number of para-hydroxylation sites is 4. The van der Waals surface area contributed by atoms with E-state index < -0.39 is 269 Å². The molecule has 2 aliphatic heterocycles. The summed E-state index contributed by atoms with van der Waals surface area (Å²) in [6, 6.07) is -23.2. The van der Waals surface area contributed by atoms with Crippen LogP contribution in [0.3, 0.4) is 0 Å². The Morgan fingerprint density at radius 2 is 1.21 bits per heavy atom. The maximum Gasteiger partial charge on any atom is 0.289 e. The second-order valence-corrected chi connectivity index (χ2v) is 12.9. The highest BCUT2D eigenvalue weighted by atomic mass is 32.2. The summed E-state index contributed by atoms with van der Waals surface area (Å²) >= 11 is 0.622. The first kappa shape index (κ1) is 13.2. The monoisotopic (exact) mass is 721 g/mol. The van der Waals surface area contributed by atoms with E-state index in [0.717, 1.165) is 4.57 Å². The number of hydrogen-bond donors (Lipinski definition) is 0. The molecule has 0 N–H and O–H groups in total. The van der Waals surface area contributed by atoms with Crippen LogP contribution in [0.1, 0.15) is 38.4 Å². The second-order valence-electron chi connectivity index (χ2n) is 11.8. The Kier molecular flexibility index (Phi) is 2.75. The highest BCUT2D eigenvalue weighted by Gasteiger charge is 2.39. The van der Waals surface area contributed by atoms with Crippen LogP contribution in [0.5, 0.6) is 11.5 Å². The molecule has 2 aliphatic rings. The van der Waals surface area contributed by atoms with Gasteiger partial charge in [-0.25, -0.2) is 0 Å². The smallest absolute Gasteiger partial charge is 0.289 e. The fraction of sp³-hybridized carbons (Fsp3) is 0. The molecule has 0 bridgehead atoms. The molecule has 8 aromatic carbocycles. The third-order valence-electron chi connectivity index (χ3n) is 8.99. The Hall–Kier alpha value is -6.43. The fourth-order valence-electron chi connectivity index (χ4n) is 6.77. The summed E-state index contributed by atoms with van der Waals surface area (Å²) in [6.07, 6.45) is 0. The molecule has 0 amide bonds. The molecule has 12 rings (SSSR count). The van der Waals surface area contributed by atoms with Gasteiger partial charge in [-0.1, -0.05) is 115 Å². The van der Waals surface area contributed by atoms with Crippen molar-refractivity contribution in [3.05, 3.63) is 169 Å². The normalized spacial score (nSPS) is 20.3. The molecular weight excluding hydrogens is 665 g/mol. The summed E-state index contributed by atoms with van der Waals surface area (Å²) in [4.78, 5) is -0.382. The molecule has 5 heteroatoms. The molecule has 246 valence electrons. The average molecular weight is 722 g/mol. The van der Waals surface area contributed by atoms with Crippen molar-refractivity contribution in [3.8, 4) is 50.6 Å². The van der Waals surface area contributed by atoms with E-state index >= 15 is 0 Å². The number of hydrogen-bond acceptors (Lipinski definition) is 3. The number of nitrogens with zero attached hydrogens (tertiary/aromatic N) is 1. The maximum atomic E-state index is 10.2. The van der Waals surface area contributed by atoms with E-state index in [1.54, 1.807) is 0 Å². The van der Waals surface area contributed by atoms with Gasteiger partial charge < -0.3 is 13.7 Å². The van der Waals surface area contributed by atoms with E-state index in [9.17, 15) is 13.7 Å². The summed E-state index contributed by atoms with van der Waals surface area (Å²) in [6.45, 7) is 0. The highest BCUT2D eigenvalue weighted by Crippen LogP contribution is 2.46. The van der Waals surface area contributed by atoms with Crippen molar-refractivity contribution in [1.82, 2.24) is 4.57 Å². The summed E-state index contributed by atoms with van der Waals surface area (Å²) < 4.78 is 267. The molecule has 0 spiro atoms. The molecule has 2 aromatic heterocycles. The Balaban J connectivity index is 1.24. The summed E-state index contributed by atoms with van der Waals surface area (Å²) in [5.74, 6) is -2.64. The Labute approximate surface area is 349 Å². The molecule has 0 saturated heterocycles. The van der Waals surface area contributed by atoms with Crippen LogP contribution in [-0.2, 0) is 0 Å². The topological polar surface area (TPSA) is 27.3 Å².